The zero-order valence-electron chi connectivity index (χ0n) is 57.4. The number of hydrogen-bond acceptors (Lipinski definition) is 21. The Morgan fingerprint density at radius 2 is 1.04 bits per heavy atom. The molecule has 534 valence electrons. The van der Waals surface area contributed by atoms with Crippen molar-refractivity contribution >= 4 is 92.0 Å². The number of fused-ring (bicyclic) bond motifs is 3. The molecule has 17 N–H and O–H groups in total. The number of ether oxygens (including phenoxy) is 1. The lowest BCUT2D eigenvalue weighted by atomic mass is 9.91. The average molecular weight is 1380 g/mol. The van der Waals surface area contributed by atoms with Gasteiger partial charge in [-0.2, -0.15) is 9.97 Å². The zero-order chi connectivity index (χ0) is 70.8. The summed E-state index contributed by atoms with van der Waals surface area (Å²) in [5.74, 6) is 2.65. The first-order chi connectivity index (χ1) is 48.8. The summed E-state index contributed by atoms with van der Waals surface area (Å²) in [4.78, 5) is 83.0. The Morgan fingerprint density at radius 1 is 0.569 bits per heavy atom. The number of primary amides is 3. The second-order valence-electron chi connectivity index (χ2n) is 27.9. The SMILES string of the molecule is C.CC1([C@H](N)C2CC2)CC1.CCO.Cc1ncc(C(N)=O)c(Nc2ccc3ncccc3c2)n1.NC(=O)c1cnc(N[C@H](C2CC2)C2(N)CC2)nc1Nc1ccc2c(c1)CCCC2.NC(=O)c1cnc(N[C@H](C2CC2)C2(NC(=O)OCc3ccccc3)CC2)nc1Nc1ccc2ncccc2c1. The molecule has 7 aliphatic rings. The number of aliphatic hydroxyl groups is 1. The highest BCUT2D eigenvalue weighted by molar-refractivity contribution is 6.00. The lowest BCUT2D eigenvalue weighted by molar-refractivity contribution is 0.0992. The second kappa shape index (κ2) is 32.0. The molecule has 16 rings (SSSR count). The monoisotopic (exact) mass is 1380 g/mol. The molecule has 0 spiro atoms. The van der Waals surface area contributed by atoms with E-state index in [4.69, 9.17) is 38.5 Å². The number of amides is 4. The normalized spacial score (nSPS) is 17.4. The molecule has 5 aromatic heterocycles. The predicted molar refractivity (Wildman–Crippen MR) is 398 cm³/mol. The molecule has 3 atom stereocenters. The maximum Gasteiger partial charge on any atom is 0.407 e. The van der Waals surface area contributed by atoms with E-state index in [2.05, 4.69) is 90.8 Å². The summed E-state index contributed by atoms with van der Waals surface area (Å²) < 4.78 is 5.49. The van der Waals surface area contributed by atoms with E-state index in [-0.39, 0.29) is 55.0 Å². The first-order valence-electron chi connectivity index (χ1n) is 35.0. The van der Waals surface area contributed by atoms with Crippen molar-refractivity contribution in [2.45, 2.75) is 167 Å². The van der Waals surface area contributed by atoms with E-state index in [0.29, 0.717) is 58.5 Å². The third-order valence-corrected chi connectivity index (χ3v) is 19.7. The zero-order valence-corrected chi connectivity index (χ0v) is 57.4. The number of rotatable bonds is 22. The molecule has 0 bridgehead atoms. The van der Waals surface area contributed by atoms with Gasteiger partial charge >= 0.3 is 6.09 Å². The second-order valence-corrected chi connectivity index (χ2v) is 27.9. The van der Waals surface area contributed by atoms with Crippen LogP contribution in [0.1, 0.15) is 165 Å². The Balaban J connectivity index is 0.000000146. The van der Waals surface area contributed by atoms with Crippen LogP contribution in [-0.2, 0) is 24.2 Å². The van der Waals surface area contributed by atoms with E-state index in [0.717, 1.165) is 102 Å². The number of aliphatic hydroxyl groups excluding tert-OH is 1. The van der Waals surface area contributed by atoms with Crippen LogP contribution in [0.2, 0.25) is 0 Å². The van der Waals surface area contributed by atoms with Crippen LogP contribution in [0.3, 0.4) is 0 Å². The van der Waals surface area contributed by atoms with Gasteiger partial charge in [-0.1, -0.05) is 62.9 Å². The van der Waals surface area contributed by atoms with Gasteiger partial charge in [0.2, 0.25) is 11.9 Å². The number of alkyl carbamates (subject to hydrolysis) is 1. The van der Waals surface area contributed by atoms with Gasteiger partial charge in [0, 0.05) is 83.0 Å². The summed E-state index contributed by atoms with van der Waals surface area (Å²) in [7, 11) is 0. The maximum absolute atomic E-state index is 12.7. The van der Waals surface area contributed by atoms with Crippen molar-refractivity contribution in [1.29, 1.82) is 0 Å². The van der Waals surface area contributed by atoms with E-state index >= 15 is 0 Å². The van der Waals surface area contributed by atoms with Crippen LogP contribution in [0, 0.1) is 30.1 Å². The molecule has 25 heteroatoms. The van der Waals surface area contributed by atoms with E-state index in [1.165, 1.54) is 81.1 Å². The van der Waals surface area contributed by atoms with Gasteiger partial charge in [-0.05, 0) is 217 Å². The first kappa shape index (κ1) is 72.7. The quantitative estimate of drug-likeness (QED) is 0.0300. The lowest BCUT2D eigenvalue weighted by Gasteiger charge is -2.29. The van der Waals surface area contributed by atoms with Crippen LogP contribution < -0.4 is 60.6 Å². The van der Waals surface area contributed by atoms with E-state index in [1.54, 1.807) is 26.2 Å². The van der Waals surface area contributed by atoms with Gasteiger partial charge in [-0.3, -0.25) is 24.4 Å². The molecule has 25 nitrogen and oxygen atoms in total. The van der Waals surface area contributed by atoms with Crippen LogP contribution in [0.25, 0.3) is 21.8 Å². The first-order valence-corrected chi connectivity index (χ1v) is 35.0. The fraction of sp³-hybridized carbons (Fsp3) is 0.403. The number of carbonyl (C=O) groups is 4. The number of carbonyl (C=O) groups excluding carboxylic acids is 4. The summed E-state index contributed by atoms with van der Waals surface area (Å²) in [6, 6.07) is 35.7. The number of aromatic nitrogens is 8. The van der Waals surface area contributed by atoms with Crippen molar-refractivity contribution in [2.75, 3.05) is 33.2 Å². The number of nitrogens with zero attached hydrogens (tertiary/aromatic N) is 8. The van der Waals surface area contributed by atoms with Crippen molar-refractivity contribution in [3.63, 3.8) is 0 Å². The minimum absolute atomic E-state index is 0. The van der Waals surface area contributed by atoms with Crippen molar-refractivity contribution in [2.24, 2.45) is 51.8 Å². The van der Waals surface area contributed by atoms with Crippen LogP contribution in [-0.4, -0.2) is 105 Å². The smallest absolute Gasteiger partial charge is 0.407 e. The average Bonchev–Trinajstić information content (AvgIpc) is 1.60. The molecule has 5 heterocycles. The topological polar surface area (TPSA) is 403 Å². The minimum atomic E-state index is -0.633. The van der Waals surface area contributed by atoms with Gasteiger partial charge in [0.15, 0.2) is 0 Å². The number of pyridine rings is 2. The number of hydrogen-bond donors (Lipinski definition) is 12. The summed E-state index contributed by atoms with van der Waals surface area (Å²) in [5.41, 5.74) is 37.6. The van der Waals surface area contributed by atoms with Gasteiger partial charge in [-0.25, -0.2) is 24.7 Å². The van der Waals surface area contributed by atoms with Gasteiger partial charge in [0.05, 0.1) is 22.6 Å². The van der Waals surface area contributed by atoms with E-state index in [1.807, 2.05) is 97.1 Å². The van der Waals surface area contributed by atoms with Crippen LogP contribution in [0.4, 0.5) is 51.2 Å². The summed E-state index contributed by atoms with van der Waals surface area (Å²) in [6.07, 6.45) is 25.8. The molecule has 6 saturated carbocycles. The largest absolute Gasteiger partial charge is 0.445 e. The summed E-state index contributed by atoms with van der Waals surface area (Å²) in [6.45, 7) is 6.22. The molecule has 0 radical (unpaired) electrons. The molecule has 7 aliphatic carbocycles. The van der Waals surface area contributed by atoms with E-state index < -0.39 is 29.4 Å². The Labute approximate surface area is 594 Å². The molecule has 0 unspecified atom stereocenters. The highest BCUT2D eigenvalue weighted by Crippen LogP contribution is 2.54. The molecule has 0 saturated heterocycles. The molecule has 4 aromatic carbocycles. The standard InChI is InChI=1S/C29H29N7O3.C22H28N6O.C15H13N5O.C8H15N.C2H6O.CH4/c30-25(37)22-16-32-27(35-26(22)33-21-10-11-23-20(15-21)7-4-14-31-23)34-24(19-8-9-19)29(12-13-29)36-28(38)39-17-18-5-2-1-3-6-18;23-19(29)17-12-25-21(27-18(14-5-6-14)22(24)9-10-22)28-20(17)26-16-8-7-13-3-1-2-4-15(13)11-16;1-9-18-8-12(14(16)21)15(19-9)20-11-4-5-13-10(7-11)3-2-6-17-13;1-8(4-5-8)7(9)6-2-3-6;1-2-3;/h1-7,10-11,14-16,19,24H,8-9,12-13,17H2,(H2,30,37)(H,36,38)(H2,32,33,34,35);7-8,11-12,14,18H,1-6,9-10,24H2,(H2,23,29)(H2,25,26,27,28);2-8H,1H3,(H2,16,21)(H,18,19,20);6-7H,2-5,9H2,1H3;3H,2H2,1H3;1H4/t24-;18-;;7-;;/m11.1../s1. The van der Waals surface area contributed by atoms with Gasteiger partial charge in [0.1, 0.15) is 46.6 Å². The summed E-state index contributed by atoms with van der Waals surface area (Å²) >= 11 is 0. The maximum atomic E-state index is 12.7. The fourth-order valence-corrected chi connectivity index (χ4v) is 12.9. The number of aryl methyl sites for hydroxylation is 3. The molecule has 4 amide bonds. The van der Waals surface area contributed by atoms with Crippen molar-refractivity contribution < 1.29 is 29.0 Å². The molecule has 0 aliphatic heterocycles. The van der Waals surface area contributed by atoms with Crippen LogP contribution >= 0.6 is 0 Å². The third-order valence-electron chi connectivity index (χ3n) is 19.7. The highest BCUT2D eigenvalue weighted by atomic mass is 16.5. The van der Waals surface area contributed by atoms with Gasteiger partial charge in [0.25, 0.3) is 17.7 Å². The molecular weight excluding hydrogens is 1290 g/mol. The molecule has 6 fully saturated rings. The van der Waals surface area contributed by atoms with Crippen LogP contribution in [0.5, 0.6) is 0 Å². The number of anilines is 8. The Bertz CT molecular complexity index is 4440. The van der Waals surface area contributed by atoms with Crippen molar-refractivity contribution in [1.82, 2.24) is 45.2 Å². The fourth-order valence-electron chi connectivity index (χ4n) is 12.9. The van der Waals surface area contributed by atoms with Crippen molar-refractivity contribution in [3.8, 4) is 0 Å². The van der Waals surface area contributed by atoms with E-state index in [9.17, 15) is 19.2 Å². The number of nitrogens with two attached hydrogens (primary N) is 5. The minimum Gasteiger partial charge on any atom is -0.445 e. The summed E-state index contributed by atoms with van der Waals surface area (Å²) in [5, 5.41) is 29.1. The number of nitrogens with one attached hydrogen (secondary N) is 6. The van der Waals surface area contributed by atoms with Crippen LogP contribution in [0.15, 0.2) is 140 Å². The Kier molecular flexibility index (Phi) is 22.8. The molecule has 9 aromatic rings. The van der Waals surface area contributed by atoms with Gasteiger partial charge < -0.3 is 70.4 Å². The number of benzene rings is 4. The Hall–Kier alpha value is -10.5. The highest BCUT2D eigenvalue weighted by Gasteiger charge is 2.56. The molecular formula is C77H95N19O6. The Morgan fingerprint density at radius 3 is 1.53 bits per heavy atom. The van der Waals surface area contributed by atoms with Gasteiger partial charge in [-0.15, -0.1) is 0 Å². The lowest BCUT2D eigenvalue weighted by Crippen LogP contribution is -2.50. The molecule has 102 heavy (non-hydrogen) atoms. The van der Waals surface area contributed by atoms with Crippen molar-refractivity contribution in [3.05, 3.63) is 179 Å². The predicted octanol–water partition coefficient (Wildman–Crippen LogP) is 11.7. The third kappa shape index (κ3) is 18.9.